The molecule has 7 nitrogen and oxygen atoms in total. The maximum absolute atomic E-state index is 11.8. The Morgan fingerprint density at radius 1 is 1.19 bits per heavy atom. The quantitative estimate of drug-likeness (QED) is 0.614. The molecule has 2 amide bonds. The maximum atomic E-state index is 11.8. The van der Waals surface area contributed by atoms with Crippen LogP contribution in [0.4, 0.5) is 5.69 Å². The maximum Gasteiger partial charge on any atom is 0.316 e. The Bertz CT molecular complexity index is 620. The number of esters is 1. The standard InChI is InChI=1S/C17H21ClN2O5S/c18-12-3-5-13(6-4-12)20-16(22)10-26-11-17(23)25-9-15(21)19-8-14-2-1-7-24-14/h3-6,14H,1-2,7-11H2,(H,19,21)(H,20,22)/t14-/m1/s1. The van der Waals surface area contributed by atoms with Crippen molar-refractivity contribution >= 4 is 46.8 Å². The average Bonchev–Trinajstić information content (AvgIpc) is 3.14. The molecular formula is C17H21ClN2O5S. The minimum Gasteiger partial charge on any atom is -0.455 e. The summed E-state index contributed by atoms with van der Waals surface area (Å²) < 4.78 is 10.3. The molecule has 1 aromatic rings. The molecule has 0 aliphatic carbocycles. The lowest BCUT2D eigenvalue weighted by Crippen LogP contribution is -2.35. The third-order valence-electron chi connectivity index (χ3n) is 3.50. The summed E-state index contributed by atoms with van der Waals surface area (Å²) in [7, 11) is 0. The van der Waals surface area contributed by atoms with Crippen molar-refractivity contribution in [2.45, 2.75) is 18.9 Å². The van der Waals surface area contributed by atoms with E-state index in [0.717, 1.165) is 31.2 Å². The van der Waals surface area contributed by atoms with Gasteiger partial charge < -0.3 is 20.1 Å². The molecule has 0 saturated carbocycles. The zero-order valence-corrected chi connectivity index (χ0v) is 15.7. The summed E-state index contributed by atoms with van der Waals surface area (Å²) in [6, 6.07) is 6.72. The number of anilines is 1. The highest BCUT2D eigenvalue weighted by Gasteiger charge is 2.16. The molecule has 1 atom stereocenters. The van der Waals surface area contributed by atoms with Crippen LogP contribution in [0.15, 0.2) is 24.3 Å². The van der Waals surface area contributed by atoms with Crippen molar-refractivity contribution in [3.05, 3.63) is 29.3 Å². The number of thioether (sulfide) groups is 1. The smallest absolute Gasteiger partial charge is 0.316 e. The van der Waals surface area contributed by atoms with Gasteiger partial charge in [-0.1, -0.05) is 11.6 Å². The van der Waals surface area contributed by atoms with E-state index in [0.29, 0.717) is 17.3 Å². The number of hydrogen-bond acceptors (Lipinski definition) is 6. The van der Waals surface area contributed by atoms with E-state index >= 15 is 0 Å². The molecule has 0 radical (unpaired) electrons. The average molecular weight is 401 g/mol. The van der Waals surface area contributed by atoms with Crippen LogP contribution in [0.2, 0.25) is 5.02 Å². The molecule has 1 fully saturated rings. The van der Waals surface area contributed by atoms with Crippen LogP contribution < -0.4 is 10.6 Å². The summed E-state index contributed by atoms with van der Waals surface area (Å²) in [5.74, 6) is -1.05. The Morgan fingerprint density at radius 2 is 1.96 bits per heavy atom. The number of nitrogens with one attached hydrogen (secondary N) is 2. The third kappa shape index (κ3) is 8.07. The van der Waals surface area contributed by atoms with E-state index in [-0.39, 0.29) is 36.0 Å². The van der Waals surface area contributed by atoms with Crippen LogP contribution in [-0.2, 0) is 23.9 Å². The highest BCUT2D eigenvalue weighted by molar-refractivity contribution is 8.00. The van der Waals surface area contributed by atoms with Gasteiger partial charge in [-0.05, 0) is 37.1 Å². The number of carbonyl (C=O) groups excluding carboxylic acids is 3. The molecular weight excluding hydrogens is 380 g/mol. The van der Waals surface area contributed by atoms with Crippen LogP contribution in [0.1, 0.15) is 12.8 Å². The second-order valence-electron chi connectivity index (χ2n) is 5.65. The second kappa shape index (κ2) is 11.1. The number of rotatable bonds is 9. The molecule has 142 valence electrons. The SMILES string of the molecule is O=C(COC(=O)CSCC(=O)Nc1ccc(Cl)cc1)NC[C@H]1CCCO1. The number of halogens is 1. The summed E-state index contributed by atoms with van der Waals surface area (Å²) in [4.78, 5) is 34.9. The largest absolute Gasteiger partial charge is 0.455 e. The van der Waals surface area contributed by atoms with Gasteiger partial charge in [0.1, 0.15) is 0 Å². The first-order valence-electron chi connectivity index (χ1n) is 8.20. The van der Waals surface area contributed by atoms with Crippen LogP contribution >= 0.6 is 23.4 Å². The Labute approximate surface area is 161 Å². The number of hydrogen-bond donors (Lipinski definition) is 2. The monoisotopic (exact) mass is 400 g/mol. The normalized spacial score (nSPS) is 16.1. The van der Waals surface area contributed by atoms with Gasteiger partial charge >= 0.3 is 5.97 Å². The molecule has 0 spiro atoms. The van der Waals surface area contributed by atoms with Gasteiger partial charge in [-0.3, -0.25) is 14.4 Å². The van der Waals surface area contributed by atoms with E-state index < -0.39 is 5.97 Å². The second-order valence-corrected chi connectivity index (χ2v) is 7.07. The van der Waals surface area contributed by atoms with E-state index in [1.165, 1.54) is 0 Å². The molecule has 1 saturated heterocycles. The lowest BCUT2D eigenvalue weighted by atomic mass is 10.2. The summed E-state index contributed by atoms with van der Waals surface area (Å²) in [5, 5.41) is 5.94. The fraction of sp³-hybridized carbons (Fsp3) is 0.471. The van der Waals surface area contributed by atoms with Crippen molar-refractivity contribution in [1.29, 1.82) is 0 Å². The highest BCUT2D eigenvalue weighted by Crippen LogP contribution is 2.14. The van der Waals surface area contributed by atoms with Gasteiger partial charge in [0, 0.05) is 23.9 Å². The Hall–Kier alpha value is -1.77. The number of ether oxygens (including phenoxy) is 2. The molecule has 1 aliphatic heterocycles. The van der Waals surface area contributed by atoms with Gasteiger partial charge in [-0.2, -0.15) is 0 Å². The molecule has 1 heterocycles. The first-order chi connectivity index (χ1) is 12.5. The van der Waals surface area contributed by atoms with Gasteiger partial charge in [-0.15, -0.1) is 11.8 Å². The molecule has 0 bridgehead atoms. The summed E-state index contributed by atoms with van der Waals surface area (Å²) in [6.45, 7) is 0.817. The molecule has 1 aliphatic rings. The number of benzene rings is 1. The summed E-state index contributed by atoms with van der Waals surface area (Å²) >= 11 is 6.88. The third-order valence-corrected chi connectivity index (χ3v) is 4.65. The van der Waals surface area contributed by atoms with Crippen molar-refractivity contribution in [1.82, 2.24) is 5.32 Å². The zero-order valence-electron chi connectivity index (χ0n) is 14.2. The van der Waals surface area contributed by atoms with Crippen molar-refractivity contribution in [3.63, 3.8) is 0 Å². The number of carbonyl (C=O) groups is 3. The fourth-order valence-electron chi connectivity index (χ4n) is 2.23. The minimum atomic E-state index is -0.540. The van der Waals surface area contributed by atoms with Gasteiger partial charge in [0.2, 0.25) is 5.91 Å². The highest BCUT2D eigenvalue weighted by atomic mass is 35.5. The van der Waals surface area contributed by atoms with Crippen molar-refractivity contribution in [2.75, 3.05) is 36.6 Å². The zero-order chi connectivity index (χ0) is 18.8. The van der Waals surface area contributed by atoms with Gasteiger partial charge in [0.05, 0.1) is 17.6 Å². The molecule has 9 heteroatoms. The predicted molar refractivity (Wildman–Crippen MR) is 100 cm³/mol. The fourth-order valence-corrected chi connectivity index (χ4v) is 2.96. The first-order valence-corrected chi connectivity index (χ1v) is 9.73. The van der Waals surface area contributed by atoms with Crippen molar-refractivity contribution < 1.29 is 23.9 Å². The van der Waals surface area contributed by atoms with Gasteiger partial charge in [-0.25, -0.2) is 0 Å². The molecule has 0 unspecified atom stereocenters. The van der Waals surface area contributed by atoms with Gasteiger partial charge in [0.15, 0.2) is 6.61 Å². The first kappa shape index (κ1) is 20.5. The van der Waals surface area contributed by atoms with E-state index in [1.54, 1.807) is 24.3 Å². The summed E-state index contributed by atoms with van der Waals surface area (Å²) in [5.41, 5.74) is 0.630. The molecule has 1 aromatic carbocycles. The van der Waals surface area contributed by atoms with Crippen LogP contribution in [0, 0.1) is 0 Å². The Morgan fingerprint density at radius 3 is 2.65 bits per heavy atom. The number of amides is 2. The molecule has 2 rings (SSSR count). The van der Waals surface area contributed by atoms with E-state index in [4.69, 9.17) is 21.1 Å². The molecule has 26 heavy (non-hydrogen) atoms. The topological polar surface area (TPSA) is 93.7 Å². The van der Waals surface area contributed by atoms with Crippen molar-refractivity contribution in [2.24, 2.45) is 0 Å². The molecule has 2 N–H and O–H groups in total. The summed E-state index contributed by atoms with van der Waals surface area (Å²) in [6.07, 6.45) is 1.97. The van der Waals surface area contributed by atoms with E-state index in [9.17, 15) is 14.4 Å². The van der Waals surface area contributed by atoms with Crippen LogP contribution in [0.3, 0.4) is 0 Å². The lowest BCUT2D eigenvalue weighted by molar-refractivity contribution is -0.146. The van der Waals surface area contributed by atoms with Crippen molar-refractivity contribution in [3.8, 4) is 0 Å². The minimum absolute atomic E-state index is 0.00689. The van der Waals surface area contributed by atoms with Crippen LogP contribution in [0.5, 0.6) is 0 Å². The van der Waals surface area contributed by atoms with Crippen LogP contribution in [-0.4, -0.2) is 55.2 Å². The predicted octanol–water partition coefficient (Wildman–Crippen LogP) is 1.85. The lowest BCUT2D eigenvalue weighted by Gasteiger charge is -2.11. The Kier molecular flexibility index (Phi) is 8.73. The molecule has 0 aromatic heterocycles. The van der Waals surface area contributed by atoms with Gasteiger partial charge in [0.25, 0.3) is 5.91 Å². The van der Waals surface area contributed by atoms with Crippen LogP contribution in [0.25, 0.3) is 0 Å². The van der Waals surface area contributed by atoms with E-state index in [1.807, 2.05) is 0 Å². The Balaban J connectivity index is 1.53. The van der Waals surface area contributed by atoms with E-state index in [2.05, 4.69) is 10.6 Å².